The number of carbonyl (C=O) groups excluding carboxylic acids is 3. The summed E-state index contributed by atoms with van der Waals surface area (Å²) in [5.74, 6) is -0.557. The van der Waals surface area contributed by atoms with Gasteiger partial charge < -0.3 is 9.64 Å². The summed E-state index contributed by atoms with van der Waals surface area (Å²) >= 11 is 1.49. The van der Waals surface area contributed by atoms with Crippen LogP contribution in [0.2, 0.25) is 0 Å². The van der Waals surface area contributed by atoms with Crippen molar-refractivity contribution in [1.29, 1.82) is 0 Å². The number of amides is 3. The number of para-hydroxylation sites is 2. The molecule has 152 valence electrons. The number of carbonyl (C=O) groups is 3. The molecule has 1 atom stereocenters. The van der Waals surface area contributed by atoms with Crippen LogP contribution in [0.25, 0.3) is 0 Å². The van der Waals surface area contributed by atoms with Gasteiger partial charge in [0.2, 0.25) is 5.91 Å². The number of hydrogen-bond acceptors (Lipinski definition) is 5. The van der Waals surface area contributed by atoms with Crippen LogP contribution in [0.5, 0.6) is 5.75 Å². The highest BCUT2D eigenvalue weighted by Crippen LogP contribution is 2.33. The van der Waals surface area contributed by atoms with E-state index >= 15 is 0 Å². The standard InChI is InChI=1S/C21H23N3O4S/c1-13(25)24-12-17(28-16-9-6-5-8-15(16)24)20(26)22-23-21(27)19-11-14-7-3-2-4-10-18(14)29-19/h5-6,8-9,11,17H,2-4,7,10,12H2,1H3,(H,22,26)(H,23,27). The topological polar surface area (TPSA) is 87.7 Å². The Hall–Kier alpha value is -2.87. The fourth-order valence-corrected chi connectivity index (χ4v) is 4.86. The van der Waals surface area contributed by atoms with Gasteiger partial charge in [0.15, 0.2) is 6.10 Å². The van der Waals surface area contributed by atoms with E-state index in [1.807, 2.05) is 6.07 Å². The molecule has 1 aliphatic heterocycles. The summed E-state index contributed by atoms with van der Waals surface area (Å²) in [7, 11) is 0. The Balaban J connectivity index is 1.40. The molecular weight excluding hydrogens is 390 g/mol. The van der Waals surface area contributed by atoms with Crippen molar-refractivity contribution in [1.82, 2.24) is 10.9 Å². The van der Waals surface area contributed by atoms with Crippen LogP contribution < -0.4 is 20.5 Å². The van der Waals surface area contributed by atoms with Crippen molar-refractivity contribution in [3.05, 3.63) is 45.6 Å². The second kappa shape index (κ2) is 8.24. The number of aryl methyl sites for hydroxylation is 2. The number of benzene rings is 1. The first-order valence-corrected chi connectivity index (χ1v) is 10.6. The highest BCUT2D eigenvalue weighted by Gasteiger charge is 2.32. The smallest absolute Gasteiger partial charge is 0.281 e. The molecule has 29 heavy (non-hydrogen) atoms. The Kier molecular flexibility index (Phi) is 5.53. The van der Waals surface area contributed by atoms with Crippen LogP contribution >= 0.6 is 11.3 Å². The largest absolute Gasteiger partial charge is 0.476 e. The lowest BCUT2D eigenvalue weighted by Gasteiger charge is -2.33. The maximum absolute atomic E-state index is 12.6. The molecule has 2 N–H and O–H groups in total. The molecule has 1 aliphatic carbocycles. The van der Waals surface area contributed by atoms with E-state index in [9.17, 15) is 14.4 Å². The fraction of sp³-hybridized carbons (Fsp3) is 0.381. The Morgan fingerprint density at radius 3 is 2.72 bits per heavy atom. The van der Waals surface area contributed by atoms with Gasteiger partial charge in [-0.3, -0.25) is 25.2 Å². The third kappa shape index (κ3) is 4.12. The van der Waals surface area contributed by atoms with Gasteiger partial charge in [-0.1, -0.05) is 18.6 Å². The van der Waals surface area contributed by atoms with Crippen molar-refractivity contribution < 1.29 is 19.1 Å². The monoisotopic (exact) mass is 413 g/mol. The van der Waals surface area contributed by atoms with E-state index in [0.29, 0.717) is 16.3 Å². The number of fused-ring (bicyclic) bond motifs is 2. The van der Waals surface area contributed by atoms with Crippen LogP contribution in [-0.4, -0.2) is 30.4 Å². The quantitative estimate of drug-likeness (QED) is 0.585. The third-order valence-corrected chi connectivity index (χ3v) is 6.45. The fourth-order valence-electron chi connectivity index (χ4n) is 3.71. The predicted molar refractivity (Wildman–Crippen MR) is 110 cm³/mol. The molecule has 0 saturated heterocycles. The molecule has 1 aromatic carbocycles. The zero-order chi connectivity index (χ0) is 20.4. The van der Waals surface area contributed by atoms with Crippen LogP contribution in [0.3, 0.4) is 0 Å². The molecule has 1 unspecified atom stereocenters. The van der Waals surface area contributed by atoms with Gasteiger partial charge >= 0.3 is 0 Å². The number of nitrogens with one attached hydrogen (secondary N) is 2. The van der Waals surface area contributed by atoms with Crippen molar-refractivity contribution in [2.24, 2.45) is 0 Å². The van der Waals surface area contributed by atoms with E-state index in [4.69, 9.17) is 4.74 Å². The maximum Gasteiger partial charge on any atom is 0.281 e. The normalized spacial score (nSPS) is 18.0. The van der Waals surface area contributed by atoms with Gasteiger partial charge in [-0.05, 0) is 49.4 Å². The molecule has 2 aromatic rings. The number of anilines is 1. The number of rotatable bonds is 2. The van der Waals surface area contributed by atoms with E-state index in [1.165, 1.54) is 40.0 Å². The summed E-state index contributed by atoms with van der Waals surface area (Å²) in [5.41, 5.74) is 6.79. The molecule has 0 bridgehead atoms. The summed E-state index contributed by atoms with van der Waals surface area (Å²) in [4.78, 5) is 40.4. The van der Waals surface area contributed by atoms with Gasteiger partial charge in [-0.15, -0.1) is 11.3 Å². The molecule has 3 amide bonds. The first-order valence-electron chi connectivity index (χ1n) is 9.78. The highest BCUT2D eigenvalue weighted by atomic mass is 32.1. The highest BCUT2D eigenvalue weighted by molar-refractivity contribution is 7.14. The molecule has 0 fully saturated rings. The lowest BCUT2D eigenvalue weighted by molar-refractivity contribution is -0.129. The number of thiophene rings is 1. The molecule has 8 heteroatoms. The zero-order valence-corrected chi connectivity index (χ0v) is 17.0. The summed E-state index contributed by atoms with van der Waals surface area (Å²) in [5, 5.41) is 0. The van der Waals surface area contributed by atoms with Gasteiger partial charge in [0.25, 0.3) is 11.8 Å². The Morgan fingerprint density at radius 2 is 1.90 bits per heavy atom. The summed E-state index contributed by atoms with van der Waals surface area (Å²) in [6.45, 7) is 1.53. The molecule has 2 aliphatic rings. The van der Waals surface area contributed by atoms with Crippen LogP contribution in [0.4, 0.5) is 5.69 Å². The Morgan fingerprint density at radius 1 is 1.10 bits per heavy atom. The summed E-state index contributed by atoms with van der Waals surface area (Å²) < 4.78 is 5.74. The number of hydrogen-bond donors (Lipinski definition) is 2. The second-order valence-corrected chi connectivity index (χ2v) is 8.40. The van der Waals surface area contributed by atoms with Gasteiger partial charge in [0, 0.05) is 11.8 Å². The molecule has 1 aromatic heterocycles. The van der Waals surface area contributed by atoms with Crippen molar-refractivity contribution >= 4 is 34.7 Å². The molecule has 2 heterocycles. The SMILES string of the molecule is CC(=O)N1CC(C(=O)NNC(=O)c2cc3c(s2)CCCCC3)Oc2ccccc21. The van der Waals surface area contributed by atoms with Gasteiger partial charge in [0.05, 0.1) is 17.1 Å². The van der Waals surface area contributed by atoms with E-state index < -0.39 is 12.0 Å². The Bertz CT molecular complexity index is 932. The van der Waals surface area contributed by atoms with Crippen molar-refractivity contribution in [3.8, 4) is 5.75 Å². The van der Waals surface area contributed by atoms with E-state index in [1.54, 1.807) is 24.3 Å². The van der Waals surface area contributed by atoms with Gasteiger partial charge in [-0.2, -0.15) is 0 Å². The first-order chi connectivity index (χ1) is 14.0. The summed E-state index contributed by atoms with van der Waals surface area (Å²) in [6.07, 6.45) is 4.62. The summed E-state index contributed by atoms with van der Waals surface area (Å²) in [6, 6.07) is 8.99. The molecule has 0 spiro atoms. The van der Waals surface area contributed by atoms with Crippen LogP contribution in [0.15, 0.2) is 30.3 Å². The molecular formula is C21H23N3O4S. The third-order valence-electron chi connectivity index (χ3n) is 5.22. The minimum atomic E-state index is -0.908. The van der Waals surface area contributed by atoms with Crippen LogP contribution in [0, 0.1) is 0 Å². The van der Waals surface area contributed by atoms with Gasteiger partial charge in [-0.25, -0.2) is 0 Å². The number of hydrazine groups is 1. The van der Waals surface area contributed by atoms with Crippen LogP contribution in [-0.2, 0) is 22.4 Å². The first kappa shape index (κ1) is 19.4. The Labute approximate surface area is 173 Å². The molecule has 7 nitrogen and oxygen atoms in total. The van der Waals surface area contributed by atoms with E-state index in [2.05, 4.69) is 10.9 Å². The van der Waals surface area contributed by atoms with E-state index in [0.717, 1.165) is 25.7 Å². The van der Waals surface area contributed by atoms with Crippen molar-refractivity contribution in [3.63, 3.8) is 0 Å². The van der Waals surface area contributed by atoms with Gasteiger partial charge in [0.1, 0.15) is 5.75 Å². The molecule has 4 rings (SSSR count). The predicted octanol–water partition coefficient (Wildman–Crippen LogP) is 2.59. The second-order valence-electron chi connectivity index (χ2n) is 7.27. The van der Waals surface area contributed by atoms with Crippen molar-refractivity contribution in [2.75, 3.05) is 11.4 Å². The van der Waals surface area contributed by atoms with Crippen molar-refractivity contribution in [2.45, 2.75) is 45.1 Å². The average Bonchev–Trinajstić information content (AvgIpc) is 3.01. The average molecular weight is 413 g/mol. The zero-order valence-electron chi connectivity index (χ0n) is 16.2. The minimum Gasteiger partial charge on any atom is -0.476 e. The minimum absolute atomic E-state index is 0.0847. The number of ether oxygens (including phenoxy) is 1. The number of nitrogens with zero attached hydrogens (tertiary/aromatic N) is 1. The molecule has 0 saturated carbocycles. The lowest BCUT2D eigenvalue weighted by atomic mass is 10.1. The van der Waals surface area contributed by atoms with Crippen LogP contribution in [0.1, 0.15) is 46.3 Å². The maximum atomic E-state index is 12.6. The molecule has 0 radical (unpaired) electrons. The van der Waals surface area contributed by atoms with E-state index in [-0.39, 0.29) is 18.4 Å². The lowest BCUT2D eigenvalue weighted by Crippen LogP contribution is -2.54.